The van der Waals surface area contributed by atoms with Crippen LogP contribution in [-0.2, 0) is 0 Å². The van der Waals surface area contributed by atoms with Gasteiger partial charge in [-0.1, -0.05) is 36.4 Å². The van der Waals surface area contributed by atoms with Crippen molar-refractivity contribution in [2.45, 2.75) is 13.8 Å². The SMILES string of the molecule is Cc1cccc(C(=O)NNC(=O)c2ccc3ccccc3n2)c1C. The van der Waals surface area contributed by atoms with Crippen molar-refractivity contribution in [1.29, 1.82) is 0 Å². The number of hydrogen-bond donors (Lipinski definition) is 2. The molecule has 0 aliphatic carbocycles. The summed E-state index contributed by atoms with van der Waals surface area (Å²) in [6, 6.07) is 16.4. The zero-order valence-corrected chi connectivity index (χ0v) is 13.5. The molecule has 0 fully saturated rings. The minimum Gasteiger partial charge on any atom is -0.267 e. The minimum atomic E-state index is -0.459. The number of benzene rings is 2. The molecule has 24 heavy (non-hydrogen) atoms. The van der Waals surface area contributed by atoms with Crippen molar-refractivity contribution in [2.75, 3.05) is 0 Å². The summed E-state index contributed by atoms with van der Waals surface area (Å²) in [5.41, 5.74) is 8.25. The molecule has 0 atom stereocenters. The average Bonchev–Trinajstić information content (AvgIpc) is 2.61. The van der Waals surface area contributed by atoms with Crippen LogP contribution in [0.4, 0.5) is 0 Å². The van der Waals surface area contributed by atoms with E-state index in [9.17, 15) is 9.59 Å². The normalized spacial score (nSPS) is 10.4. The molecule has 1 heterocycles. The highest BCUT2D eigenvalue weighted by Crippen LogP contribution is 2.13. The molecule has 3 rings (SSSR count). The molecule has 2 amide bonds. The first-order valence-electron chi connectivity index (χ1n) is 7.59. The summed E-state index contributed by atoms with van der Waals surface area (Å²) in [6.45, 7) is 3.81. The van der Waals surface area contributed by atoms with E-state index < -0.39 is 5.91 Å². The van der Waals surface area contributed by atoms with Crippen molar-refractivity contribution in [3.63, 3.8) is 0 Å². The number of nitrogens with one attached hydrogen (secondary N) is 2. The Kier molecular flexibility index (Phi) is 4.24. The van der Waals surface area contributed by atoms with Crippen molar-refractivity contribution in [3.8, 4) is 0 Å². The lowest BCUT2D eigenvalue weighted by Crippen LogP contribution is -2.42. The molecule has 0 spiro atoms. The number of aromatic nitrogens is 1. The van der Waals surface area contributed by atoms with Crippen LogP contribution < -0.4 is 10.9 Å². The summed E-state index contributed by atoms with van der Waals surface area (Å²) >= 11 is 0. The van der Waals surface area contributed by atoms with Crippen molar-refractivity contribution in [2.24, 2.45) is 0 Å². The molecule has 1 aromatic heterocycles. The molecule has 0 aliphatic heterocycles. The summed E-state index contributed by atoms with van der Waals surface area (Å²) in [6.07, 6.45) is 0. The Morgan fingerprint density at radius 3 is 2.42 bits per heavy atom. The Morgan fingerprint density at radius 1 is 0.833 bits per heavy atom. The molecule has 0 radical (unpaired) electrons. The van der Waals surface area contributed by atoms with Gasteiger partial charge in [-0.3, -0.25) is 20.4 Å². The quantitative estimate of drug-likeness (QED) is 0.713. The van der Waals surface area contributed by atoms with Crippen molar-refractivity contribution in [3.05, 3.63) is 77.0 Å². The molecule has 0 bridgehead atoms. The monoisotopic (exact) mass is 319 g/mol. The van der Waals surface area contributed by atoms with Gasteiger partial charge in [0.15, 0.2) is 0 Å². The number of pyridine rings is 1. The fraction of sp³-hybridized carbons (Fsp3) is 0.105. The summed E-state index contributed by atoms with van der Waals surface area (Å²) < 4.78 is 0. The summed E-state index contributed by atoms with van der Waals surface area (Å²) in [5, 5.41) is 0.952. The molecule has 0 saturated carbocycles. The third kappa shape index (κ3) is 3.10. The highest BCUT2D eigenvalue weighted by Gasteiger charge is 2.13. The van der Waals surface area contributed by atoms with E-state index in [1.165, 1.54) is 0 Å². The van der Waals surface area contributed by atoms with E-state index in [1.807, 2.05) is 56.3 Å². The van der Waals surface area contributed by atoms with Crippen LogP contribution in [0.2, 0.25) is 0 Å². The molecular weight excluding hydrogens is 302 g/mol. The highest BCUT2D eigenvalue weighted by atomic mass is 16.2. The number of para-hydroxylation sites is 1. The predicted molar refractivity (Wildman–Crippen MR) is 92.6 cm³/mol. The number of fused-ring (bicyclic) bond motifs is 1. The zero-order chi connectivity index (χ0) is 17.1. The third-order valence-corrected chi connectivity index (χ3v) is 3.97. The second-order valence-corrected chi connectivity index (χ2v) is 5.54. The van der Waals surface area contributed by atoms with Gasteiger partial charge in [0, 0.05) is 10.9 Å². The number of rotatable bonds is 2. The van der Waals surface area contributed by atoms with Gasteiger partial charge in [0.25, 0.3) is 11.8 Å². The van der Waals surface area contributed by atoms with Crippen molar-refractivity contribution in [1.82, 2.24) is 15.8 Å². The van der Waals surface area contributed by atoms with Gasteiger partial charge in [0.2, 0.25) is 0 Å². The van der Waals surface area contributed by atoms with Gasteiger partial charge in [-0.25, -0.2) is 4.98 Å². The summed E-state index contributed by atoms with van der Waals surface area (Å²) in [4.78, 5) is 28.7. The van der Waals surface area contributed by atoms with Crippen LogP contribution in [0.25, 0.3) is 10.9 Å². The molecule has 0 aliphatic rings. The largest absolute Gasteiger partial charge is 0.288 e. The van der Waals surface area contributed by atoms with Crippen molar-refractivity contribution < 1.29 is 9.59 Å². The molecular formula is C19H17N3O2. The molecule has 2 aromatic carbocycles. The van der Waals surface area contributed by atoms with E-state index >= 15 is 0 Å². The van der Waals surface area contributed by atoms with Crippen LogP contribution in [0.1, 0.15) is 32.0 Å². The van der Waals surface area contributed by atoms with Crippen LogP contribution >= 0.6 is 0 Å². The third-order valence-electron chi connectivity index (χ3n) is 3.97. The molecule has 0 unspecified atom stereocenters. The van der Waals surface area contributed by atoms with E-state index in [0.717, 1.165) is 22.0 Å². The first-order valence-corrected chi connectivity index (χ1v) is 7.59. The number of hydrazine groups is 1. The predicted octanol–water partition coefficient (Wildman–Crippen LogP) is 2.93. The minimum absolute atomic E-state index is 0.245. The van der Waals surface area contributed by atoms with Crippen LogP contribution in [0.5, 0.6) is 0 Å². The first-order chi connectivity index (χ1) is 11.6. The molecule has 5 nitrogen and oxygen atoms in total. The lowest BCUT2D eigenvalue weighted by molar-refractivity contribution is 0.0843. The van der Waals surface area contributed by atoms with Gasteiger partial charge in [-0.2, -0.15) is 0 Å². The Balaban J connectivity index is 1.72. The number of carbonyl (C=O) groups is 2. The Bertz CT molecular complexity index is 935. The molecule has 3 aromatic rings. The Morgan fingerprint density at radius 2 is 1.58 bits per heavy atom. The number of nitrogens with zero attached hydrogens (tertiary/aromatic N) is 1. The Labute approximate surface area is 139 Å². The number of amides is 2. The van der Waals surface area contributed by atoms with Crippen LogP contribution in [0.3, 0.4) is 0 Å². The maximum absolute atomic E-state index is 12.2. The van der Waals surface area contributed by atoms with Gasteiger partial charge < -0.3 is 0 Å². The lowest BCUT2D eigenvalue weighted by Gasteiger charge is -2.10. The van der Waals surface area contributed by atoms with Crippen LogP contribution in [-0.4, -0.2) is 16.8 Å². The second kappa shape index (κ2) is 6.50. The van der Waals surface area contributed by atoms with Gasteiger partial charge in [-0.15, -0.1) is 0 Å². The average molecular weight is 319 g/mol. The van der Waals surface area contributed by atoms with Crippen LogP contribution in [0.15, 0.2) is 54.6 Å². The topological polar surface area (TPSA) is 71.1 Å². The maximum atomic E-state index is 12.2. The van der Waals surface area contributed by atoms with E-state index in [0.29, 0.717) is 5.56 Å². The van der Waals surface area contributed by atoms with Gasteiger partial charge in [0.1, 0.15) is 5.69 Å². The first kappa shape index (κ1) is 15.7. The number of aryl methyl sites for hydroxylation is 1. The molecule has 120 valence electrons. The smallest absolute Gasteiger partial charge is 0.267 e. The van der Waals surface area contributed by atoms with E-state index in [4.69, 9.17) is 0 Å². The highest BCUT2D eigenvalue weighted by molar-refractivity contribution is 6.00. The van der Waals surface area contributed by atoms with E-state index in [2.05, 4.69) is 15.8 Å². The summed E-state index contributed by atoms with van der Waals surface area (Å²) in [7, 11) is 0. The lowest BCUT2D eigenvalue weighted by atomic mass is 10.0. The van der Waals surface area contributed by atoms with Gasteiger partial charge in [-0.05, 0) is 43.2 Å². The fourth-order valence-corrected chi connectivity index (χ4v) is 2.43. The van der Waals surface area contributed by atoms with Crippen molar-refractivity contribution >= 4 is 22.7 Å². The zero-order valence-electron chi connectivity index (χ0n) is 13.5. The summed E-state index contributed by atoms with van der Waals surface area (Å²) in [5.74, 6) is -0.815. The standard InChI is InChI=1S/C19H17N3O2/c1-12-6-5-8-15(13(12)2)18(23)21-22-19(24)17-11-10-14-7-3-4-9-16(14)20-17/h3-11H,1-2H3,(H,21,23)(H,22,24). The van der Waals surface area contributed by atoms with Gasteiger partial charge >= 0.3 is 0 Å². The number of carbonyl (C=O) groups excluding carboxylic acids is 2. The maximum Gasteiger partial charge on any atom is 0.288 e. The van der Waals surface area contributed by atoms with Gasteiger partial charge in [0.05, 0.1) is 5.52 Å². The second-order valence-electron chi connectivity index (χ2n) is 5.54. The fourth-order valence-electron chi connectivity index (χ4n) is 2.43. The van der Waals surface area contributed by atoms with E-state index in [-0.39, 0.29) is 11.6 Å². The van der Waals surface area contributed by atoms with Crippen LogP contribution in [0, 0.1) is 13.8 Å². The molecule has 2 N–H and O–H groups in total. The Hall–Kier alpha value is -3.21. The molecule has 5 heteroatoms. The number of hydrogen-bond acceptors (Lipinski definition) is 3. The van der Waals surface area contributed by atoms with E-state index in [1.54, 1.807) is 12.1 Å². The molecule has 0 saturated heterocycles.